The predicted octanol–water partition coefficient (Wildman–Crippen LogP) is 3.86. The molecule has 0 saturated carbocycles. The summed E-state index contributed by atoms with van der Waals surface area (Å²) in [7, 11) is 0. The fourth-order valence-corrected chi connectivity index (χ4v) is 2.78. The first-order valence-electron chi connectivity index (χ1n) is 6.40. The van der Waals surface area contributed by atoms with Crippen molar-refractivity contribution in [2.75, 3.05) is 0 Å². The summed E-state index contributed by atoms with van der Waals surface area (Å²) in [6, 6.07) is 15.7. The zero-order valence-electron chi connectivity index (χ0n) is 10.9. The lowest BCUT2D eigenvalue weighted by Crippen LogP contribution is -2.10. The second-order valence-corrected chi connectivity index (χ2v) is 5.40. The number of hydrogen-bond donors (Lipinski definition) is 1. The van der Waals surface area contributed by atoms with Gasteiger partial charge in [0, 0.05) is 16.2 Å². The highest BCUT2D eigenvalue weighted by Crippen LogP contribution is 2.31. The maximum absolute atomic E-state index is 14.0. The second-order valence-electron chi connectivity index (χ2n) is 4.54. The average molecular weight is 347 g/mol. The van der Waals surface area contributed by atoms with E-state index in [-0.39, 0.29) is 5.56 Å². The number of aromatic nitrogens is 2. The molecule has 1 N–H and O–H groups in total. The van der Waals surface area contributed by atoms with Crippen LogP contribution in [0.3, 0.4) is 0 Å². The molecule has 3 nitrogen and oxygen atoms in total. The van der Waals surface area contributed by atoms with Gasteiger partial charge in [-0.1, -0.05) is 40.2 Å². The van der Waals surface area contributed by atoms with E-state index in [2.05, 4.69) is 21.0 Å². The lowest BCUT2D eigenvalue weighted by atomic mass is 10.1. The molecule has 3 aromatic rings. The molecule has 0 aliphatic carbocycles. The molecule has 0 bridgehead atoms. The minimum atomic E-state index is -1.11. The molecule has 0 amide bonds. The molecule has 21 heavy (non-hydrogen) atoms. The van der Waals surface area contributed by atoms with Crippen molar-refractivity contribution in [2.45, 2.75) is 6.10 Å². The van der Waals surface area contributed by atoms with Crippen LogP contribution < -0.4 is 0 Å². The van der Waals surface area contributed by atoms with E-state index in [9.17, 15) is 9.50 Å². The molecule has 0 spiro atoms. The van der Waals surface area contributed by atoms with E-state index in [4.69, 9.17) is 0 Å². The van der Waals surface area contributed by atoms with E-state index in [1.165, 1.54) is 6.07 Å². The van der Waals surface area contributed by atoms with Gasteiger partial charge in [-0.2, -0.15) is 5.10 Å². The minimum Gasteiger partial charge on any atom is -0.382 e. The Bertz CT molecular complexity index is 738. The van der Waals surface area contributed by atoms with E-state index < -0.39 is 11.9 Å². The first-order valence-corrected chi connectivity index (χ1v) is 7.19. The first-order chi connectivity index (χ1) is 10.2. The van der Waals surface area contributed by atoms with Gasteiger partial charge in [-0.15, -0.1) is 0 Å². The second kappa shape index (κ2) is 5.79. The fraction of sp³-hybridized carbons (Fsp3) is 0.0625. The summed E-state index contributed by atoms with van der Waals surface area (Å²) in [5.41, 5.74) is 1.52. The molecule has 5 heteroatoms. The third-order valence-corrected chi connectivity index (χ3v) is 3.92. The van der Waals surface area contributed by atoms with Crippen LogP contribution in [0.25, 0.3) is 5.69 Å². The van der Waals surface area contributed by atoms with Crippen LogP contribution in [0.4, 0.5) is 4.39 Å². The molecule has 0 radical (unpaired) electrons. The minimum absolute atomic E-state index is 0.204. The van der Waals surface area contributed by atoms with Crippen molar-refractivity contribution in [3.8, 4) is 5.69 Å². The largest absolute Gasteiger partial charge is 0.382 e. The Morgan fingerprint density at radius 1 is 1.05 bits per heavy atom. The van der Waals surface area contributed by atoms with Crippen molar-refractivity contribution in [3.63, 3.8) is 0 Å². The van der Waals surface area contributed by atoms with Gasteiger partial charge in [0.2, 0.25) is 0 Å². The van der Waals surface area contributed by atoms with Crippen molar-refractivity contribution in [2.24, 2.45) is 0 Å². The highest BCUT2D eigenvalue weighted by molar-refractivity contribution is 9.10. The summed E-state index contributed by atoms with van der Waals surface area (Å²) in [4.78, 5) is 0. The summed E-state index contributed by atoms with van der Waals surface area (Å²) < 4.78 is 16.1. The van der Waals surface area contributed by atoms with E-state index >= 15 is 0 Å². The summed E-state index contributed by atoms with van der Waals surface area (Å²) in [6.07, 6.45) is 0.476. The highest BCUT2D eigenvalue weighted by atomic mass is 79.9. The van der Waals surface area contributed by atoms with Crippen LogP contribution in [-0.2, 0) is 0 Å². The lowest BCUT2D eigenvalue weighted by molar-refractivity contribution is 0.206. The average Bonchev–Trinajstić information content (AvgIpc) is 2.97. The normalized spacial score (nSPS) is 12.3. The summed E-state index contributed by atoms with van der Waals surface area (Å²) in [6.45, 7) is 0. The van der Waals surface area contributed by atoms with E-state index in [1.54, 1.807) is 29.1 Å². The Labute approximate surface area is 129 Å². The number of hydrogen-bond acceptors (Lipinski definition) is 2. The molecule has 3 rings (SSSR count). The summed E-state index contributed by atoms with van der Waals surface area (Å²) in [5, 5.41) is 14.8. The van der Waals surface area contributed by atoms with Crippen LogP contribution >= 0.6 is 15.9 Å². The topological polar surface area (TPSA) is 38.1 Å². The molecule has 1 aromatic heterocycles. The Kier molecular flexibility index (Phi) is 3.86. The van der Waals surface area contributed by atoms with Crippen LogP contribution in [0.15, 0.2) is 65.3 Å². The van der Waals surface area contributed by atoms with Crippen molar-refractivity contribution < 1.29 is 9.50 Å². The van der Waals surface area contributed by atoms with Gasteiger partial charge in [0.15, 0.2) is 0 Å². The van der Waals surface area contributed by atoms with Gasteiger partial charge in [-0.3, -0.25) is 0 Å². The Balaban J connectivity index is 2.08. The first kappa shape index (κ1) is 14.0. The lowest BCUT2D eigenvalue weighted by Gasteiger charge is -2.16. The van der Waals surface area contributed by atoms with Gasteiger partial charge in [0.25, 0.3) is 0 Å². The third kappa shape index (κ3) is 2.62. The number of benzene rings is 2. The van der Waals surface area contributed by atoms with Gasteiger partial charge in [0.05, 0.1) is 11.4 Å². The zero-order valence-corrected chi connectivity index (χ0v) is 12.5. The number of halogens is 2. The van der Waals surface area contributed by atoms with Crippen LogP contribution in [-0.4, -0.2) is 14.9 Å². The SMILES string of the molecule is OC(c1c(F)cccc1Br)c1ccnn1-c1ccccc1. The number of para-hydroxylation sites is 1. The Morgan fingerprint density at radius 2 is 1.81 bits per heavy atom. The molecule has 0 aliphatic heterocycles. The van der Waals surface area contributed by atoms with Crippen LogP contribution in [0.5, 0.6) is 0 Å². The maximum Gasteiger partial charge on any atom is 0.130 e. The molecular formula is C16H12BrFN2O. The molecule has 0 aliphatic rings. The van der Waals surface area contributed by atoms with E-state index in [1.807, 2.05) is 30.3 Å². The number of aliphatic hydroxyl groups is 1. The van der Waals surface area contributed by atoms with Crippen molar-refractivity contribution in [1.29, 1.82) is 0 Å². The van der Waals surface area contributed by atoms with Crippen LogP contribution in [0.1, 0.15) is 17.4 Å². The highest BCUT2D eigenvalue weighted by Gasteiger charge is 2.22. The van der Waals surface area contributed by atoms with Crippen LogP contribution in [0, 0.1) is 5.82 Å². The molecule has 2 aromatic carbocycles. The number of rotatable bonds is 3. The van der Waals surface area contributed by atoms with Crippen molar-refractivity contribution in [1.82, 2.24) is 9.78 Å². The number of nitrogens with zero attached hydrogens (tertiary/aromatic N) is 2. The molecule has 0 fully saturated rings. The Morgan fingerprint density at radius 3 is 2.52 bits per heavy atom. The summed E-state index contributed by atoms with van der Waals surface area (Å²) >= 11 is 3.28. The van der Waals surface area contributed by atoms with E-state index in [0.29, 0.717) is 10.2 Å². The summed E-state index contributed by atoms with van der Waals surface area (Å²) in [5.74, 6) is -0.460. The molecule has 1 unspecified atom stereocenters. The molecular weight excluding hydrogens is 335 g/mol. The standard InChI is InChI=1S/C16H12BrFN2O/c17-12-7-4-8-13(18)15(12)16(21)14-9-10-19-20(14)11-5-2-1-3-6-11/h1-10,16,21H. The maximum atomic E-state index is 14.0. The predicted molar refractivity (Wildman–Crippen MR) is 81.7 cm³/mol. The third-order valence-electron chi connectivity index (χ3n) is 3.23. The zero-order chi connectivity index (χ0) is 14.8. The smallest absolute Gasteiger partial charge is 0.130 e. The van der Waals surface area contributed by atoms with Gasteiger partial charge in [-0.05, 0) is 30.3 Å². The van der Waals surface area contributed by atoms with Gasteiger partial charge in [0.1, 0.15) is 11.9 Å². The monoisotopic (exact) mass is 346 g/mol. The molecule has 1 heterocycles. The van der Waals surface area contributed by atoms with Crippen LogP contribution in [0.2, 0.25) is 0 Å². The van der Waals surface area contributed by atoms with Gasteiger partial charge >= 0.3 is 0 Å². The molecule has 106 valence electrons. The van der Waals surface area contributed by atoms with Gasteiger partial charge < -0.3 is 5.11 Å². The fourth-order valence-electron chi connectivity index (χ4n) is 2.23. The van der Waals surface area contributed by atoms with Gasteiger partial charge in [-0.25, -0.2) is 9.07 Å². The number of aliphatic hydroxyl groups excluding tert-OH is 1. The van der Waals surface area contributed by atoms with Crippen molar-refractivity contribution in [3.05, 3.63) is 82.3 Å². The molecule has 1 atom stereocenters. The van der Waals surface area contributed by atoms with Crippen molar-refractivity contribution >= 4 is 15.9 Å². The van der Waals surface area contributed by atoms with E-state index in [0.717, 1.165) is 5.69 Å². The quantitative estimate of drug-likeness (QED) is 0.781. The Hall–Kier alpha value is -1.98. The molecule has 0 saturated heterocycles.